The zero-order valence-electron chi connectivity index (χ0n) is 10.9. The van der Waals surface area contributed by atoms with E-state index in [1.165, 1.54) is 11.6 Å². The Morgan fingerprint density at radius 3 is 2.25 bits per heavy atom. The highest BCUT2D eigenvalue weighted by Crippen LogP contribution is 2.30. The summed E-state index contributed by atoms with van der Waals surface area (Å²) in [5, 5.41) is 0. The number of hydrogen-bond donors (Lipinski definition) is 0. The van der Waals surface area contributed by atoms with E-state index in [-0.39, 0.29) is 5.88 Å². The van der Waals surface area contributed by atoms with Crippen LogP contribution in [-0.2, 0) is 12.6 Å². The molecule has 0 N–H and O–H groups in total. The van der Waals surface area contributed by atoms with Gasteiger partial charge in [0.2, 0.25) is 5.88 Å². The minimum Gasteiger partial charge on any atom is -0.439 e. The predicted octanol–water partition coefficient (Wildman–Crippen LogP) is 4.85. The lowest BCUT2D eigenvalue weighted by Gasteiger charge is -2.08. The second kappa shape index (κ2) is 5.94. The summed E-state index contributed by atoms with van der Waals surface area (Å²) in [5.74, 6) is 0.693. The van der Waals surface area contributed by atoms with Crippen LogP contribution in [0.4, 0.5) is 13.2 Å². The molecule has 0 aliphatic carbocycles. The fourth-order valence-corrected chi connectivity index (χ4v) is 1.74. The Labute approximate surface area is 115 Å². The van der Waals surface area contributed by atoms with Crippen LogP contribution in [0, 0.1) is 0 Å². The van der Waals surface area contributed by atoms with E-state index >= 15 is 0 Å². The summed E-state index contributed by atoms with van der Waals surface area (Å²) in [4.78, 5) is 3.66. The van der Waals surface area contributed by atoms with Gasteiger partial charge in [-0.1, -0.05) is 25.5 Å². The van der Waals surface area contributed by atoms with Crippen LogP contribution in [0.1, 0.15) is 24.5 Å². The van der Waals surface area contributed by atoms with Gasteiger partial charge in [0.15, 0.2) is 0 Å². The Morgan fingerprint density at radius 2 is 1.75 bits per heavy atom. The van der Waals surface area contributed by atoms with Crippen LogP contribution in [0.5, 0.6) is 11.6 Å². The van der Waals surface area contributed by atoms with Gasteiger partial charge in [0.1, 0.15) is 5.75 Å². The van der Waals surface area contributed by atoms with Crippen LogP contribution in [0.15, 0.2) is 42.6 Å². The van der Waals surface area contributed by atoms with Gasteiger partial charge in [-0.3, -0.25) is 0 Å². The molecule has 0 unspecified atom stereocenters. The van der Waals surface area contributed by atoms with E-state index in [1.54, 1.807) is 12.1 Å². The summed E-state index contributed by atoms with van der Waals surface area (Å²) >= 11 is 0. The van der Waals surface area contributed by atoms with Gasteiger partial charge in [-0.05, 0) is 30.2 Å². The van der Waals surface area contributed by atoms with Crippen molar-refractivity contribution >= 4 is 0 Å². The third-order valence-electron chi connectivity index (χ3n) is 2.75. The number of alkyl halides is 3. The quantitative estimate of drug-likeness (QED) is 0.799. The lowest BCUT2D eigenvalue weighted by atomic mass is 10.1. The normalized spacial score (nSPS) is 11.4. The molecule has 1 aromatic heterocycles. The number of pyridine rings is 1. The van der Waals surface area contributed by atoms with Crippen molar-refractivity contribution in [2.45, 2.75) is 25.9 Å². The fourth-order valence-electron chi connectivity index (χ4n) is 1.74. The molecule has 1 aromatic carbocycles. The number of aromatic nitrogens is 1. The molecule has 106 valence electrons. The maximum absolute atomic E-state index is 12.4. The molecular weight excluding hydrogens is 267 g/mol. The summed E-state index contributed by atoms with van der Waals surface area (Å²) in [7, 11) is 0. The first kappa shape index (κ1) is 14.4. The van der Waals surface area contributed by atoms with Crippen molar-refractivity contribution in [1.29, 1.82) is 0 Å². The number of nitrogens with zero attached hydrogens (tertiary/aromatic N) is 1. The molecule has 2 rings (SSSR count). The molecule has 0 amide bonds. The summed E-state index contributed by atoms with van der Waals surface area (Å²) in [6.07, 6.45) is -1.58. The highest BCUT2D eigenvalue weighted by molar-refractivity contribution is 5.31. The van der Waals surface area contributed by atoms with Crippen molar-refractivity contribution in [3.8, 4) is 11.6 Å². The number of hydrogen-bond acceptors (Lipinski definition) is 2. The van der Waals surface area contributed by atoms with Crippen LogP contribution in [0.25, 0.3) is 0 Å². The van der Waals surface area contributed by atoms with Gasteiger partial charge in [-0.25, -0.2) is 4.98 Å². The van der Waals surface area contributed by atoms with E-state index in [0.717, 1.165) is 25.1 Å². The molecule has 0 atom stereocenters. The minimum absolute atomic E-state index is 0.140. The molecule has 1 heterocycles. The molecule has 0 bridgehead atoms. The first-order valence-electron chi connectivity index (χ1n) is 6.29. The van der Waals surface area contributed by atoms with Crippen molar-refractivity contribution in [3.05, 3.63) is 53.7 Å². The summed E-state index contributed by atoms with van der Waals surface area (Å²) < 4.78 is 42.5. The van der Waals surface area contributed by atoms with Crippen LogP contribution < -0.4 is 4.74 Å². The first-order chi connectivity index (χ1) is 9.49. The zero-order valence-corrected chi connectivity index (χ0v) is 10.9. The van der Waals surface area contributed by atoms with E-state index in [2.05, 4.69) is 11.9 Å². The average molecular weight is 281 g/mol. The van der Waals surface area contributed by atoms with Gasteiger partial charge in [-0.2, -0.15) is 13.2 Å². The topological polar surface area (TPSA) is 22.1 Å². The molecule has 0 fully saturated rings. The first-order valence-corrected chi connectivity index (χ1v) is 6.29. The molecule has 0 spiro atoms. The van der Waals surface area contributed by atoms with Crippen molar-refractivity contribution in [1.82, 2.24) is 4.98 Å². The Balaban J connectivity index is 2.06. The molecule has 0 saturated carbocycles. The van der Waals surface area contributed by atoms with E-state index < -0.39 is 11.7 Å². The van der Waals surface area contributed by atoms with Gasteiger partial charge in [0, 0.05) is 12.3 Å². The van der Waals surface area contributed by atoms with Gasteiger partial charge < -0.3 is 4.74 Å². The molecule has 0 aliphatic heterocycles. The standard InChI is InChI=1S/C15H14F3NO/c1-2-3-11-4-7-13(8-5-11)20-14-9-6-12(10-19-14)15(16,17)18/h4-10H,2-3H2,1H3. The molecule has 2 aromatic rings. The van der Waals surface area contributed by atoms with Gasteiger partial charge in [0.05, 0.1) is 5.56 Å². The summed E-state index contributed by atoms with van der Waals surface area (Å²) in [6.45, 7) is 2.09. The number of ether oxygens (including phenoxy) is 1. The minimum atomic E-state index is -4.38. The number of benzene rings is 1. The molecule has 5 heteroatoms. The second-order valence-electron chi connectivity index (χ2n) is 4.38. The summed E-state index contributed by atoms with van der Waals surface area (Å²) in [5.41, 5.74) is 0.406. The SMILES string of the molecule is CCCc1ccc(Oc2ccc(C(F)(F)F)cn2)cc1. The van der Waals surface area contributed by atoms with Gasteiger partial charge >= 0.3 is 6.18 Å². The Bertz CT molecular complexity index is 547. The van der Waals surface area contributed by atoms with Crippen molar-refractivity contribution in [3.63, 3.8) is 0 Å². The fraction of sp³-hybridized carbons (Fsp3) is 0.267. The van der Waals surface area contributed by atoms with Crippen molar-refractivity contribution < 1.29 is 17.9 Å². The molecule has 20 heavy (non-hydrogen) atoms. The van der Waals surface area contributed by atoms with Crippen LogP contribution in [0.2, 0.25) is 0 Å². The average Bonchev–Trinajstić information content (AvgIpc) is 2.41. The van der Waals surface area contributed by atoms with Crippen molar-refractivity contribution in [2.75, 3.05) is 0 Å². The lowest BCUT2D eigenvalue weighted by Crippen LogP contribution is -2.05. The molecule has 0 saturated heterocycles. The molecule has 0 radical (unpaired) electrons. The Hall–Kier alpha value is -2.04. The third-order valence-corrected chi connectivity index (χ3v) is 2.75. The van der Waals surface area contributed by atoms with Gasteiger partial charge in [-0.15, -0.1) is 0 Å². The number of aryl methyl sites for hydroxylation is 1. The van der Waals surface area contributed by atoms with E-state index in [9.17, 15) is 13.2 Å². The summed E-state index contributed by atoms with van der Waals surface area (Å²) in [6, 6.07) is 9.59. The smallest absolute Gasteiger partial charge is 0.417 e. The molecule has 0 aliphatic rings. The maximum Gasteiger partial charge on any atom is 0.417 e. The zero-order chi connectivity index (χ0) is 14.6. The van der Waals surface area contributed by atoms with E-state index in [1.807, 2.05) is 12.1 Å². The van der Waals surface area contributed by atoms with Crippen LogP contribution >= 0.6 is 0 Å². The predicted molar refractivity (Wildman–Crippen MR) is 69.8 cm³/mol. The van der Waals surface area contributed by atoms with Gasteiger partial charge in [0.25, 0.3) is 0 Å². The number of rotatable bonds is 4. The Kier molecular flexibility index (Phi) is 4.27. The second-order valence-corrected chi connectivity index (χ2v) is 4.38. The maximum atomic E-state index is 12.4. The third kappa shape index (κ3) is 3.73. The van der Waals surface area contributed by atoms with Crippen LogP contribution in [-0.4, -0.2) is 4.98 Å². The molecule has 2 nitrogen and oxygen atoms in total. The largest absolute Gasteiger partial charge is 0.439 e. The van der Waals surface area contributed by atoms with Crippen LogP contribution in [0.3, 0.4) is 0 Å². The number of halogens is 3. The van der Waals surface area contributed by atoms with Crippen molar-refractivity contribution in [2.24, 2.45) is 0 Å². The van der Waals surface area contributed by atoms with E-state index in [4.69, 9.17) is 4.74 Å². The highest BCUT2D eigenvalue weighted by atomic mass is 19.4. The highest BCUT2D eigenvalue weighted by Gasteiger charge is 2.30. The lowest BCUT2D eigenvalue weighted by molar-refractivity contribution is -0.137. The monoisotopic (exact) mass is 281 g/mol. The van der Waals surface area contributed by atoms with E-state index in [0.29, 0.717) is 5.75 Å². The Morgan fingerprint density at radius 1 is 1.05 bits per heavy atom. The molecular formula is C15H14F3NO.